The van der Waals surface area contributed by atoms with Crippen molar-refractivity contribution in [3.05, 3.63) is 29.3 Å². The van der Waals surface area contributed by atoms with Crippen LogP contribution in [0.5, 0.6) is 5.75 Å². The van der Waals surface area contributed by atoms with Crippen LogP contribution in [0.1, 0.15) is 0 Å². The largest absolute Gasteiger partial charge is 0.493 e. The molecule has 1 aromatic heterocycles. The molecule has 1 heterocycles. The van der Waals surface area contributed by atoms with Crippen molar-refractivity contribution in [3.8, 4) is 5.75 Å². The molecule has 1 aromatic carbocycles. The van der Waals surface area contributed by atoms with Crippen molar-refractivity contribution in [2.45, 2.75) is 4.34 Å². The van der Waals surface area contributed by atoms with Crippen molar-refractivity contribution in [2.24, 2.45) is 0 Å². The van der Waals surface area contributed by atoms with Gasteiger partial charge in [-0.25, -0.2) is 0 Å². The van der Waals surface area contributed by atoms with Crippen molar-refractivity contribution in [3.63, 3.8) is 0 Å². The molecule has 0 saturated carbocycles. The number of anilines is 1. The SMILES string of the molecule is Nc1nnc(SCCOc2cccc(Cl)c2)s1. The Labute approximate surface area is 112 Å². The van der Waals surface area contributed by atoms with Crippen LogP contribution < -0.4 is 10.5 Å². The molecule has 0 bridgehead atoms. The molecular formula is C10H10ClN3OS2. The lowest BCUT2D eigenvalue weighted by Crippen LogP contribution is -1.99. The molecule has 4 nitrogen and oxygen atoms in total. The maximum absolute atomic E-state index is 5.84. The molecule has 2 rings (SSSR count). The second kappa shape index (κ2) is 6.09. The molecule has 7 heteroatoms. The number of hydrogen-bond acceptors (Lipinski definition) is 6. The molecule has 0 aliphatic carbocycles. The van der Waals surface area contributed by atoms with E-state index in [0.717, 1.165) is 15.8 Å². The zero-order valence-corrected chi connectivity index (χ0v) is 11.2. The van der Waals surface area contributed by atoms with Gasteiger partial charge in [-0.3, -0.25) is 0 Å². The molecule has 90 valence electrons. The van der Waals surface area contributed by atoms with Gasteiger partial charge in [-0.15, -0.1) is 10.2 Å². The molecule has 0 aliphatic heterocycles. The number of nitrogens with zero attached hydrogens (tertiary/aromatic N) is 2. The number of aromatic nitrogens is 2. The minimum atomic E-state index is 0.489. The fourth-order valence-corrected chi connectivity index (χ4v) is 2.83. The highest BCUT2D eigenvalue weighted by atomic mass is 35.5. The molecule has 0 unspecified atom stereocenters. The Balaban J connectivity index is 1.73. The summed E-state index contributed by atoms with van der Waals surface area (Å²) < 4.78 is 6.39. The normalized spacial score (nSPS) is 10.4. The molecule has 2 aromatic rings. The molecule has 0 radical (unpaired) electrons. The molecular weight excluding hydrogens is 278 g/mol. The molecule has 0 fully saturated rings. The van der Waals surface area contributed by atoms with E-state index in [1.807, 2.05) is 18.2 Å². The van der Waals surface area contributed by atoms with Crippen LogP contribution in [0.3, 0.4) is 0 Å². The Morgan fingerprint density at radius 2 is 2.29 bits per heavy atom. The van der Waals surface area contributed by atoms with Gasteiger partial charge in [0.15, 0.2) is 4.34 Å². The average Bonchev–Trinajstić information content (AvgIpc) is 2.71. The fraction of sp³-hybridized carbons (Fsp3) is 0.200. The van der Waals surface area contributed by atoms with Gasteiger partial charge in [0.05, 0.1) is 6.61 Å². The summed E-state index contributed by atoms with van der Waals surface area (Å²) in [6.45, 7) is 0.588. The van der Waals surface area contributed by atoms with Gasteiger partial charge in [0.25, 0.3) is 0 Å². The summed E-state index contributed by atoms with van der Waals surface area (Å²) in [5.74, 6) is 1.57. The standard InChI is InChI=1S/C10H10ClN3OS2/c11-7-2-1-3-8(6-7)15-4-5-16-10-14-13-9(12)17-10/h1-3,6H,4-5H2,(H2,12,13). The van der Waals surface area contributed by atoms with Crippen LogP contribution in [0.4, 0.5) is 5.13 Å². The third kappa shape index (κ3) is 4.07. The first kappa shape index (κ1) is 12.5. The van der Waals surface area contributed by atoms with E-state index >= 15 is 0 Å². The number of nitrogen functional groups attached to an aromatic ring is 1. The van der Waals surface area contributed by atoms with E-state index < -0.39 is 0 Å². The lowest BCUT2D eigenvalue weighted by Gasteiger charge is -2.04. The second-order valence-electron chi connectivity index (χ2n) is 3.06. The highest BCUT2D eigenvalue weighted by molar-refractivity contribution is 8.01. The van der Waals surface area contributed by atoms with Crippen LogP contribution in [0.15, 0.2) is 28.6 Å². The van der Waals surface area contributed by atoms with E-state index in [1.54, 1.807) is 17.8 Å². The van der Waals surface area contributed by atoms with Gasteiger partial charge in [-0.2, -0.15) is 0 Å². The predicted molar refractivity (Wildman–Crippen MR) is 72.0 cm³/mol. The van der Waals surface area contributed by atoms with Gasteiger partial charge in [0.2, 0.25) is 5.13 Å². The van der Waals surface area contributed by atoms with E-state index in [-0.39, 0.29) is 0 Å². The van der Waals surface area contributed by atoms with Gasteiger partial charge in [0.1, 0.15) is 5.75 Å². The summed E-state index contributed by atoms with van der Waals surface area (Å²) in [5, 5.41) is 8.80. The van der Waals surface area contributed by atoms with Crippen LogP contribution in [0, 0.1) is 0 Å². The van der Waals surface area contributed by atoms with Gasteiger partial charge in [-0.1, -0.05) is 40.8 Å². The Hall–Kier alpha value is -0.980. The Morgan fingerprint density at radius 3 is 3.00 bits per heavy atom. The summed E-state index contributed by atoms with van der Waals surface area (Å²) in [6.07, 6.45) is 0. The first-order valence-corrected chi connectivity index (χ1v) is 7.02. The van der Waals surface area contributed by atoms with Crippen molar-refractivity contribution < 1.29 is 4.74 Å². The smallest absolute Gasteiger partial charge is 0.203 e. The molecule has 2 N–H and O–H groups in total. The first-order chi connectivity index (χ1) is 8.24. The number of hydrogen-bond donors (Lipinski definition) is 1. The van der Waals surface area contributed by atoms with Crippen LogP contribution in [-0.2, 0) is 0 Å². The summed E-state index contributed by atoms with van der Waals surface area (Å²) in [6, 6.07) is 7.33. The predicted octanol–water partition coefficient (Wildman–Crippen LogP) is 2.94. The fourth-order valence-electron chi connectivity index (χ4n) is 1.12. The highest BCUT2D eigenvalue weighted by Gasteiger charge is 2.01. The quantitative estimate of drug-likeness (QED) is 0.677. The van der Waals surface area contributed by atoms with Gasteiger partial charge in [0, 0.05) is 10.8 Å². The Kier molecular flexibility index (Phi) is 4.47. The zero-order valence-electron chi connectivity index (χ0n) is 8.80. The van der Waals surface area contributed by atoms with Crippen molar-refractivity contribution in [1.29, 1.82) is 0 Å². The molecule has 0 spiro atoms. The molecule has 0 atom stereocenters. The third-order valence-corrected chi connectivity index (χ3v) is 3.88. The lowest BCUT2D eigenvalue weighted by molar-refractivity contribution is 0.344. The number of ether oxygens (including phenoxy) is 1. The van der Waals surface area contributed by atoms with E-state index in [2.05, 4.69) is 10.2 Å². The molecule has 17 heavy (non-hydrogen) atoms. The maximum atomic E-state index is 5.84. The number of thioether (sulfide) groups is 1. The molecule has 0 saturated heterocycles. The number of nitrogens with two attached hydrogens (primary N) is 1. The van der Waals surface area contributed by atoms with Gasteiger partial charge >= 0.3 is 0 Å². The topological polar surface area (TPSA) is 61.0 Å². The number of halogens is 1. The van der Waals surface area contributed by atoms with E-state index in [0.29, 0.717) is 16.8 Å². The van der Waals surface area contributed by atoms with Crippen LogP contribution in [0.2, 0.25) is 5.02 Å². The number of benzene rings is 1. The van der Waals surface area contributed by atoms with E-state index in [9.17, 15) is 0 Å². The third-order valence-electron chi connectivity index (χ3n) is 1.80. The van der Waals surface area contributed by atoms with E-state index in [4.69, 9.17) is 22.1 Å². The first-order valence-electron chi connectivity index (χ1n) is 4.84. The minimum absolute atomic E-state index is 0.489. The van der Waals surface area contributed by atoms with Crippen LogP contribution in [-0.4, -0.2) is 22.6 Å². The summed E-state index contributed by atoms with van der Waals surface area (Å²) in [7, 11) is 0. The second-order valence-corrected chi connectivity index (χ2v) is 5.85. The summed E-state index contributed by atoms with van der Waals surface area (Å²) in [4.78, 5) is 0. The minimum Gasteiger partial charge on any atom is -0.493 e. The number of rotatable bonds is 5. The van der Waals surface area contributed by atoms with Gasteiger partial charge in [-0.05, 0) is 18.2 Å². The van der Waals surface area contributed by atoms with Crippen LogP contribution >= 0.6 is 34.7 Å². The highest BCUT2D eigenvalue weighted by Crippen LogP contribution is 2.23. The average molecular weight is 288 g/mol. The van der Waals surface area contributed by atoms with Crippen molar-refractivity contribution in [2.75, 3.05) is 18.1 Å². The van der Waals surface area contributed by atoms with Crippen LogP contribution in [0.25, 0.3) is 0 Å². The zero-order chi connectivity index (χ0) is 12.1. The van der Waals surface area contributed by atoms with Crippen molar-refractivity contribution >= 4 is 39.8 Å². The summed E-state index contributed by atoms with van der Waals surface area (Å²) in [5.41, 5.74) is 5.48. The van der Waals surface area contributed by atoms with Gasteiger partial charge < -0.3 is 10.5 Å². The molecule has 0 amide bonds. The monoisotopic (exact) mass is 287 g/mol. The van der Waals surface area contributed by atoms with E-state index in [1.165, 1.54) is 11.3 Å². The van der Waals surface area contributed by atoms with Crippen molar-refractivity contribution in [1.82, 2.24) is 10.2 Å². The lowest BCUT2D eigenvalue weighted by atomic mass is 10.3. The Bertz CT molecular complexity index is 492. The maximum Gasteiger partial charge on any atom is 0.203 e. The summed E-state index contributed by atoms with van der Waals surface area (Å²) >= 11 is 8.79. The Morgan fingerprint density at radius 1 is 1.41 bits per heavy atom. The molecule has 0 aliphatic rings.